The van der Waals surface area contributed by atoms with Crippen molar-refractivity contribution in [1.29, 1.82) is 0 Å². The molecule has 0 fully saturated rings. The number of amides is 1. The van der Waals surface area contributed by atoms with Crippen molar-refractivity contribution in [3.63, 3.8) is 0 Å². The number of fused-ring (bicyclic) bond motifs is 1. The third-order valence-corrected chi connectivity index (χ3v) is 5.30. The monoisotopic (exact) mass is 295 g/mol. The van der Waals surface area contributed by atoms with E-state index < -0.39 is 6.04 Å². The Hall–Kier alpha value is -0.940. The maximum absolute atomic E-state index is 11.9. The first-order valence-electron chi connectivity index (χ1n) is 7.62. The molecule has 0 aliphatic heterocycles. The number of aromatic nitrogens is 1. The molecule has 1 aromatic heterocycles. The van der Waals surface area contributed by atoms with E-state index in [-0.39, 0.29) is 11.8 Å². The van der Waals surface area contributed by atoms with E-state index >= 15 is 0 Å². The van der Waals surface area contributed by atoms with Crippen molar-refractivity contribution >= 4 is 17.2 Å². The van der Waals surface area contributed by atoms with Crippen LogP contribution in [0.2, 0.25) is 0 Å². The molecule has 1 aliphatic rings. The van der Waals surface area contributed by atoms with Gasteiger partial charge in [-0.3, -0.25) is 4.79 Å². The third-order valence-electron chi connectivity index (χ3n) is 4.09. The van der Waals surface area contributed by atoms with Gasteiger partial charge in [0.05, 0.1) is 16.7 Å². The van der Waals surface area contributed by atoms with Gasteiger partial charge < -0.3 is 11.1 Å². The van der Waals surface area contributed by atoms with Crippen molar-refractivity contribution < 1.29 is 4.79 Å². The highest BCUT2D eigenvalue weighted by Crippen LogP contribution is 2.26. The molecule has 2 rings (SSSR count). The van der Waals surface area contributed by atoms with Gasteiger partial charge in [-0.25, -0.2) is 4.98 Å². The number of nitrogens with zero attached hydrogens (tertiary/aromatic N) is 1. The van der Waals surface area contributed by atoms with Gasteiger partial charge in [0.2, 0.25) is 5.91 Å². The molecule has 0 radical (unpaired) electrons. The number of hydrogen-bond acceptors (Lipinski definition) is 4. The van der Waals surface area contributed by atoms with Gasteiger partial charge in [0.25, 0.3) is 0 Å². The average molecular weight is 295 g/mol. The number of carbonyl (C=O) groups is 1. The Bertz CT molecular complexity index is 434. The molecule has 0 saturated heterocycles. The molecule has 1 heterocycles. The number of thiazole rings is 1. The fourth-order valence-corrected chi connectivity index (χ4v) is 3.59. The fourth-order valence-electron chi connectivity index (χ4n) is 2.44. The van der Waals surface area contributed by atoms with Crippen molar-refractivity contribution in [3.05, 3.63) is 15.6 Å². The zero-order valence-electron chi connectivity index (χ0n) is 12.4. The smallest absolute Gasteiger partial charge is 0.237 e. The summed E-state index contributed by atoms with van der Waals surface area (Å²) in [6, 6.07) is -0.399. The number of carbonyl (C=O) groups excluding carboxylic acids is 1. The lowest BCUT2D eigenvalue weighted by Gasteiger charge is -2.17. The minimum Gasteiger partial charge on any atom is -0.354 e. The molecule has 20 heavy (non-hydrogen) atoms. The molecule has 2 unspecified atom stereocenters. The number of hydrogen-bond donors (Lipinski definition) is 2. The van der Waals surface area contributed by atoms with Crippen LogP contribution in [0, 0.1) is 5.92 Å². The molecule has 0 aromatic carbocycles. The number of nitrogens with one attached hydrogen (secondary N) is 1. The zero-order chi connectivity index (χ0) is 14.5. The van der Waals surface area contributed by atoms with Crippen LogP contribution in [0.5, 0.6) is 0 Å². The van der Waals surface area contributed by atoms with E-state index in [2.05, 4.69) is 17.2 Å². The molecule has 5 heteroatoms. The molecule has 1 aliphatic carbocycles. The summed E-state index contributed by atoms with van der Waals surface area (Å²) in [5.74, 6) is 0.183. The van der Waals surface area contributed by atoms with Gasteiger partial charge >= 0.3 is 0 Å². The predicted molar refractivity (Wildman–Crippen MR) is 82.9 cm³/mol. The van der Waals surface area contributed by atoms with Gasteiger partial charge in [-0.1, -0.05) is 20.3 Å². The molecule has 1 aromatic rings. The van der Waals surface area contributed by atoms with Gasteiger partial charge in [-0.15, -0.1) is 11.3 Å². The zero-order valence-corrected chi connectivity index (χ0v) is 13.3. The Balaban J connectivity index is 1.78. The molecule has 112 valence electrons. The second-order valence-corrected chi connectivity index (χ2v) is 6.81. The molecular formula is C15H25N3OS. The highest BCUT2D eigenvalue weighted by molar-refractivity contribution is 7.11. The Morgan fingerprint density at radius 2 is 2.20 bits per heavy atom. The van der Waals surface area contributed by atoms with Crippen LogP contribution in [0.25, 0.3) is 0 Å². The van der Waals surface area contributed by atoms with E-state index in [1.165, 1.54) is 29.8 Å². The van der Waals surface area contributed by atoms with Gasteiger partial charge in [-0.05, 0) is 31.6 Å². The highest BCUT2D eigenvalue weighted by atomic mass is 32.1. The number of rotatable bonds is 6. The van der Waals surface area contributed by atoms with Gasteiger partial charge in [0.1, 0.15) is 0 Å². The fraction of sp³-hybridized carbons (Fsp3) is 0.733. The molecule has 2 atom stereocenters. The Morgan fingerprint density at radius 3 is 2.90 bits per heavy atom. The van der Waals surface area contributed by atoms with Crippen molar-refractivity contribution in [1.82, 2.24) is 10.3 Å². The second-order valence-electron chi connectivity index (χ2n) is 5.64. The van der Waals surface area contributed by atoms with Crippen molar-refractivity contribution in [2.24, 2.45) is 11.7 Å². The highest BCUT2D eigenvalue weighted by Gasteiger charge is 2.19. The van der Waals surface area contributed by atoms with Crippen LogP contribution in [0.3, 0.4) is 0 Å². The first kappa shape index (κ1) is 15.4. The van der Waals surface area contributed by atoms with Crippen LogP contribution in [-0.4, -0.2) is 23.5 Å². The summed E-state index contributed by atoms with van der Waals surface area (Å²) in [7, 11) is 0. The lowest BCUT2D eigenvalue weighted by atomic mass is 9.99. The number of nitrogens with two attached hydrogens (primary N) is 1. The molecule has 1 amide bonds. The van der Waals surface area contributed by atoms with E-state index in [0.717, 1.165) is 24.3 Å². The number of aryl methyl sites for hydroxylation is 2. The first-order valence-corrected chi connectivity index (χ1v) is 8.44. The lowest BCUT2D eigenvalue weighted by molar-refractivity contribution is -0.123. The van der Waals surface area contributed by atoms with E-state index in [9.17, 15) is 4.79 Å². The molecule has 4 nitrogen and oxygen atoms in total. The SMILES string of the molecule is CCC(C)C(N)C(=O)NCCc1nc2c(s1)CCCC2. The largest absolute Gasteiger partial charge is 0.354 e. The summed E-state index contributed by atoms with van der Waals surface area (Å²) in [6.07, 6.45) is 6.59. The topological polar surface area (TPSA) is 68.0 Å². The molecule has 0 saturated carbocycles. The van der Waals surface area contributed by atoms with Crippen molar-refractivity contribution in [3.8, 4) is 0 Å². The van der Waals surface area contributed by atoms with Crippen LogP contribution < -0.4 is 11.1 Å². The van der Waals surface area contributed by atoms with Gasteiger partial charge in [0.15, 0.2) is 0 Å². The summed E-state index contributed by atoms with van der Waals surface area (Å²) in [4.78, 5) is 18.0. The van der Waals surface area contributed by atoms with Crippen molar-refractivity contribution in [2.45, 2.75) is 58.4 Å². The van der Waals surface area contributed by atoms with E-state index in [1.54, 1.807) is 0 Å². The summed E-state index contributed by atoms with van der Waals surface area (Å²) >= 11 is 1.81. The van der Waals surface area contributed by atoms with Crippen LogP contribution >= 0.6 is 11.3 Å². The summed E-state index contributed by atoms with van der Waals surface area (Å²) < 4.78 is 0. The first-order chi connectivity index (χ1) is 9.61. The lowest BCUT2D eigenvalue weighted by Crippen LogP contribution is -2.45. The molecule has 0 bridgehead atoms. The second kappa shape index (κ2) is 7.18. The summed E-state index contributed by atoms with van der Waals surface area (Å²) in [5, 5.41) is 4.08. The summed E-state index contributed by atoms with van der Waals surface area (Å²) in [5.41, 5.74) is 7.20. The van der Waals surface area contributed by atoms with Crippen LogP contribution in [0.15, 0.2) is 0 Å². The van der Waals surface area contributed by atoms with Crippen LogP contribution in [0.1, 0.15) is 48.7 Å². The van der Waals surface area contributed by atoms with E-state index in [4.69, 9.17) is 5.73 Å². The maximum Gasteiger partial charge on any atom is 0.237 e. The Kier molecular flexibility index (Phi) is 5.54. The van der Waals surface area contributed by atoms with E-state index in [1.807, 2.05) is 18.3 Å². The quantitative estimate of drug-likeness (QED) is 0.844. The maximum atomic E-state index is 11.9. The van der Waals surface area contributed by atoms with Crippen LogP contribution in [0.4, 0.5) is 0 Å². The Labute approximate surface area is 125 Å². The van der Waals surface area contributed by atoms with Crippen molar-refractivity contribution in [2.75, 3.05) is 6.54 Å². The van der Waals surface area contributed by atoms with Gasteiger partial charge in [0, 0.05) is 17.8 Å². The molecular weight excluding hydrogens is 270 g/mol. The minimum atomic E-state index is -0.399. The predicted octanol–water partition coefficient (Wildman–Crippen LogP) is 2.05. The summed E-state index contributed by atoms with van der Waals surface area (Å²) in [6.45, 7) is 4.70. The molecule has 0 spiro atoms. The Morgan fingerprint density at radius 1 is 1.45 bits per heavy atom. The van der Waals surface area contributed by atoms with Gasteiger partial charge in [-0.2, -0.15) is 0 Å². The standard InChI is InChI=1S/C15H25N3OS/c1-3-10(2)14(16)15(19)17-9-8-13-18-11-6-4-5-7-12(11)20-13/h10,14H,3-9,16H2,1-2H3,(H,17,19). The average Bonchev–Trinajstić information content (AvgIpc) is 2.88. The molecule has 3 N–H and O–H groups in total. The third kappa shape index (κ3) is 3.79. The minimum absolute atomic E-state index is 0.0410. The normalized spacial score (nSPS) is 17.4. The van der Waals surface area contributed by atoms with Crippen LogP contribution in [-0.2, 0) is 24.1 Å². The van der Waals surface area contributed by atoms with E-state index in [0.29, 0.717) is 6.54 Å².